The second-order valence-electron chi connectivity index (χ2n) is 7.03. The van der Waals surface area contributed by atoms with Crippen molar-refractivity contribution in [1.29, 1.82) is 0 Å². The van der Waals surface area contributed by atoms with Gasteiger partial charge in [0.25, 0.3) is 11.8 Å². The van der Waals surface area contributed by atoms with Crippen LogP contribution in [0.25, 0.3) is 0 Å². The van der Waals surface area contributed by atoms with Crippen LogP contribution in [0, 0.1) is 0 Å². The van der Waals surface area contributed by atoms with Crippen molar-refractivity contribution in [2.45, 2.75) is 44.6 Å². The molecule has 3 amide bonds. The third-order valence-corrected chi connectivity index (χ3v) is 5.18. The van der Waals surface area contributed by atoms with Crippen molar-refractivity contribution in [3.63, 3.8) is 0 Å². The van der Waals surface area contributed by atoms with Crippen molar-refractivity contribution in [3.8, 4) is 0 Å². The Labute approximate surface area is 153 Å². The Kier molecular flexibility index (Phi) is 6.20. The second-order valence-corrected chi connectivity index (χ2v) is 7.03. The van der Waals surface area contributed by atoms with E-state index in [0.717, 1.165) is 32.1 Å². The third-order valence-electron chi connectivity index (χ3n) is 5.18. The van der Waals surface area contributed by atoms with E-state index in [0.29, 0.717) is 31.7 Å². The lowest BCUT2D eigenvalue weighted by Crippen LogP contribution is -2.48. The Morgan fingerprint density at radius 1 is 1.08 bits per heavy atom. The summed E-state index contributed by atoms with van der Waals surface area (Å²) in [5.41, 5.74) is 0.747. The Hall–Kier alpha value is -2.44. The molecule has 26 heavy (non-hydrogen) atoms. The predicted molar refractivity (Wildman–Crippen MR) is 96.7 cm³/mol. The van der Waals surface area contributed by atoms with Gasteiger partial charge in [0.05, 0.1) is 0 Å². The summed E-state index contributed by atoms with van der Waals surface area (Å²) in [5, 5.41) is 3.06. The molecule has 1 saturated heterocycles. The van der Waals surface area contributed by atoms with Crippen molar-refractivity contribution in [2.75, 3.05) is 26.2 Å². The van der Waals surface area contributed by atoms with Crippen LogP contribution in [-0.4, -0.2) is 65.2 Å². The van der Waals surface area contributed by atoms with Crippen molar-refractivity contribution in [3.05, 3.63) is 29.6 Å². The normalized spacial score (nSPS) is 18.9. The number of hydrogen-bond acceptors (Lipinski definition) is 4. The summed E-state index contributed by atoms with van der Waals surface area (Å²) >= 11 is 0. The number of nitrogens with one attached hydrogen (secondary N) is 1. The molecule has 0 atom stereocenters. The highest BCUT2D eigenvalue weighted by atomic mass is 16.2. The molecule has 2 aliphatic rings. The number of nitrogens with zero attached hydrogens (tertiary/aromatic N) is 3. The molecular weight excluding hydrogens is 332 g/mol. The van der Waals surface area contributed by atoms with Gasteiger partial charge in [0.1, 0.15) is 5.69 Å². The van der Waals surface area contributed by atoms with Crippen molar-refractivity contribution < 1.29 is 14.4 Å². The molecule has 1 aromatic rings. The molecule has 7 heteroatoms. The van der Waals surface area contributed by atoms with Gasteiger partial charge in [-0.05, 0) is 25.0 Å². The average Bonchev–Trinajstić information content (AvgIpc) is 2.96. The molecule has 0 bridgehead atoms. The number of carbonyl (C=O) groups is 3. The van der Waals surface area contributed by atoms with Gasteiger partial charge in [0, 0.05) is 44.0 Å². The summed E-state index contributed by atoms with van der Waals surface area (Å²) < 4.78 is 0. The predicted octanol–water partition coefficient (Wildman–Crippen LogP) is 1.45. The lowest BCUT2D eigenvalue weighted by Gasteiger charge is -2.32. The van der Waals surface area contributed by atoms with Gasteiger partial charge in [-0.2, -0.15) is 0 Å². The van der Waals surface area contributed by atoms with Crippen LogP contribution in [-0.2, 0) is 4.79 Å². The van der Waals surface area contributed by atoms with Crippen LogP contribution in [0.3, 0.4) is 0 Å². The molecule has 2 heterocycles. The fourth-order valence-electron chi connectivity index (χ4n) is 3.58. The van der Waals surface area contributed by atoms with E-state index in [2.05, 4.69) is 10.3 Å². The van der Waals surface area contributed by atoms with Crippen LogP contribution in [0.15, 0.2) is 18.3 Å². The van der Waals surface area contributed by atoms with Crippen LogP contribution >= 0.6 is 0 Å². The molecular formula is C19H26N4O3. The van der Waals surface area contributed by atoms with E-state index < -0.39 is 0 Å². The van der Waals surface area contributed by atoms with E-state index in [-0.39, 0.29) is 23.6 Å². The first kappa shape index (κ1) is 18.4. The highest BCUT2D eigenvalue weighted by Gasteiger charge is 2.23. The Morgan fingerprint density at radius 2 is 1.77 bits per heavy atom. The summed E-state index contributed by atoms with van der Waals surface area (Å²) in [6.45, 7) is 2.08. The van der Waals surface area contributed by atoms with Gasteiger partial charge in [0.2, 0.25) is 6.41 Å². The molecule has 3 rings (SSSR count). The zero-order valence-corrected chi connectivity index (χ0v) is 15.0. The molecule has 2 fully saturated rings. The Morgan fingerprint density at radius 3 is 2.42 bits per heavy atom. The minimum Gasteiger partial charge on any atom is -0.348 e. The monoisotopic (exact) mass is 358 g/mol. The van der Waals surface area contributed by atoms with Gasteiger partial charge in [0.15, 0.2) is 0 Å². The molecule has 140 valence electrons. The summed E-state index contributed by atoms with van der Waals surface area (Å²) in [6.07, 6.45) is 9.07. The first-order valence-corrected chi connectivity index (χ1v) is 9.43. The zero-order valence-electron chi connectivity index (χ0n) is 15.0. The molecule has 0 radical (unpaired) electrons. The number of aromatic nitrogens is 1. The van der Waals surface area contributed by atoms with Crippen LogP contribution in [0.1, 0.15) is 59.4 Å². The fraction of sp³-hybridized carbons (Fsp3) is 0.579. The van der Waals surface area contributed by atoms with Crippen LogP contribution in [0.5, 0.6) is 0 Å². The van der Waals surface area contributed by atoms with Gasteiger partial charge < -0.3 is 15.1 Å². The topological polar surface area (TPSA) is 82.6 Å². The van der Waals surface area contributed by atoms with Crippen molar-refractivity contribution in [2.24, 2.45) is 0 Å². The van der Waals surface area contributed by atoms with E-state index in [1.54, 1.807) is 21.9 Å². The van der Waals surface area contributed by atoms with Gasteiger partial charge in [-0.25, -0.2) is 0 Å². The molecule has 1 aromatic heterocycles. The summed E-state index contributed by atoms with van der Waals surface area (Å²) in [4.78, 5) is 43.5. The molecule has 1 aliphatic heterocycles. The van der Waals surface area contributed by atoms with Crippen LogP contribution < -0.4 is 5.32 Å². The zero-order chi connectivity index (χ0) is 18.4. The van der Waals surface area contributed by atoms with Gasteiger partial charge in [-0.3, -0.25) is 19.4 Å². The maximum Gasteiger partial charge on any atom is 0.270 e. The highest BCUT2D eigenvalue weighted by molar-refractivity contribution is 5.98. The minimum atomic E-state index is -0.211. The largest absolute Gasteiger partial charge is 0.348 e. The van der Waals surface area contributed by atoms with E-state index in [9.17, 15) is 14.4 Å². The Bertz CT molecular complexity index is 648. The molecule has 0 spiro atoms. The van der Waals surface area contributed by atoms with Crippen molar-refractivity contribution in [1.82, 2.24) is 20.1 Å². The van der Waals surface area contributed by atoms with Crippen LogP contribution in [0.4, 0.5) is 0 Å². The Balaban J connectivity index is 1.62. The van der Waals surface area contributed by atoms with E-state index in [1.807, 2.05) is 0 Å². The van der Waals surface area contributed by atoms with E-state index >= 15 is 0 Å². The summed E-state index contributed by atoms with van der Waals surface area (Å²) in [7, 11) is 0. The van der Waals surface area contributed by atoms with Crippen LogP contribution in [0.2, 0.25) is 0 Å². The highest BCUT2D eigenvalue weighted by Crippen LogP contribution is 2.17. The molecule has 0 aromatic carbocycles. The minimum absolute atomic E-state index is 0.124. The smallest absolute Gasteiger partial charge is 0.270 e. The van der Waals surface area contributed by atoms with Gasteiger partial charge >= 0.3 is 0 Å². The molecule has 1 aliphatic carbocycles. The number of hydrogen-bond donors (Lipinski definition) is 1. The van der Waals surface area contributed by atoms with E-state index in [4.69, 9.17) is 0 Å². The van der Waals surface area contributed by atoms with Gasteiger partial charge in [-0.15, -0.1) is 0 Å². The summed E-state index contributed by atoms with van der Waals surface area (Å²) in [5.74, 6) is -0.334. The van der Waals surface area contributed by atoms with E-state index in [1.165, 1.54) is 19.0 Å². The standard InChI is InChI=1S/C19H26N4O3/c24-14-22-9-11-23(12-10-22)19(26)15-7-8-20-17(13-15)18(25)21-16-5-3-1-2-4-6-16/h7-8,13-14,16H,1-6,9-12H2,(H,21,25). The lowest BCUT2D eigenvalue weighted by molar-refractivity contribution is -0.119. The summed E-state index contributed by atoms with van der Waals surface area (Å²) in [6, 6.07) is 3.40. The first-order chi connectivity index (χ1) is 12.7. The number of rotatable bonds is 4. The number of pyridine rings is 1. The SMILES string of the molecule is O=CN1CCN(C(=O)c2ccnc(C(=O)NC3CCCCCC3)c2)CC1. The number of piperazine rings is 1. The lowest BCUT2D eigenvalue weighted by atomic mass is 10.1. The molecule has 1 N–H and O–H groups in total. The fourth-order valence-corrected chi connectivity index (χ4v) is 3.58. The number of amides is 3. The number of carbonyl (C=O) groups excluding carboxylic acids is 3. The maximum atomic E-state index is 12.7. The quantitative estimate of drug-likeness (QED) is 0.652. The van der Waals surface area contributed by atoms with Gasteiger partial charge in [-0.1, -0.05) is 25.7 Å². The second kappa shape index (κ2) is 8.78. The average molecular weight is 358 g/mol. The maximum absolute atomic E-state index is 12.7. The molecule has 7 nitrogen and oxygen atoms in total. The van der Waals surface area contributed by atoms with Crippen molar-refractivity contribution >= 4 is 18.2 Å². The third kappa shape index (κ3) is 4.59. The molecule has 0 unspecified atom stereocenters. The molecule has 1 saturated carbocycles. The first-order valence-electron chi connectivity index (χ1n) is 9.43.